The van der Waals surface area contributed by atoms with Gasteiger partial charge in [0.05, 0.1) is 5.69 Å². The summed E-state index contributed by atoms with van der Waals surface area (Å²) in [7, 11) is 0. The van der Waals surface area contributed by atoms with Crippen molar-refractivity contribution in [2.75, 3.05) is 6.61 Å². The van der Waals surface area contributed by atoms with Crippen LogP contribution in [0.15, 0.2) is 24.3 Å². The van der Waals surface area contributed by atoms with E-state index in [9.17, 15) is 4.39 Å². The van der Waals surface area contributed by atoms with Gasteiger partial charge in [-0.2, -0.15) is 0 Å². The van der Waals surface area contributed by atoms with Crippen molar-refractivity contribution in [1.29, 1.82) is 0 Å². The normalized spacial score (nSPS) is 10.6. The van der Waals surface area contributed by atoms with E-state index in [0.717, 1.165) is 15.6 Å². The molecule has 1 heterocycles. The molecular weight excluding hydrogens is 253 g/mol. The van der Waals surface area contributed by atoms with Crippen LogP contribution in [0.5, 0.6) is 5.75 Å². The molecule has 0 aliphatic carbocycles. The van der Waals surface area contributed by atoms with Gasteiger partial charge in [-0.05, 0) is 31.2 Å². The first-order chi connectivity index (χ1) is 8.69. The Hall–Kier alpha value is -1.46. The Kier molecular flexibility index (Phi) is 4.28. The van der Waals surface area contributed by atoms with Crippen LogP contribution in [0.4, 0.5) is 4.39 Å². The van der Waals surface area contributed by atoms with Gasteiger partial charge >= 0.3 is 0 Å². The van der Waals surface area contributed by atoms with Crippen LogP contribution in [0.1, 0.15) is 15.6 Å². The Morgan fingerprint density at radius 2 is 2.06 bits per heavy atom. The van der Waals surface area contributed by atoms with E-state index in [0.29, 0.717) is 18.8 Å². The summed E-state index contributed by atoms with van der Waals surface area (Å²) in [6.45, 7) is 2.41. The molecule has 0 amide bonds. The number of hydrogen-bond donors (Lipinski definition) is 1. The van der Waals surface area contributed by atoms with E-state index in [4.69, 9.17) is 9.84 Å². The molecule has 2 aromatic rings. The van der Waals surface area contributed by atoms with E-state index >= 15 is 0 Å². The topological polar surface area (TPSA) is 42.4 Å². The highest BCUT2D eigenvalue weighted by atomic mass is 32.1. The Labute approximate surface area is 109 Å². The summed E-state index contributed by atoms with van der Waals surface area (Å²) in [6.07, 6.45) is 0.625. The second kappa shape index (κ2) is 5.93. The van der Waals surface area contributed by atoms with E-state index in [1.165, 1.54) is 23.5 Å². The Bertz CT molecular complexity index is 510. The lowest BCUT2D eigenvalue weighted by molar-refractivity contribution is 0.300. The molecule has 1 aromatic heterocycles. The quantitative estimate of drug-likeness (QED) is 0.905. The first-order valence-corrected chi connectivity index (χ1v) is 6.45. The fraction of sp³-hybridized carbons (Fsp3) is 0.308. The van der Waals surface area contributed by atoms with Crippen LogP contribution in [0.25, 0.3) is 0 Å². The maximum Gasteiger partial charge on any atom is 0.140 e. The standard InChI is InChI=1S/C13H14FNO2S/c1-9-12(6-7-16)18-13(15-9)8-17-11-4-2-10(14)3-5-11/h2-5,16H,6-8H2,1H3. The van der Waals surface area contributed by atoms with Crippen LogP contribution in [0.2, 0.25) is 0 Å². The van der Waals surface area contributed by atoms with E-state index in [1.807, 2.05) is 6.92 Å². The molecule has 0 fully saturated rings. The summed E-state index contributed by atoms with van der Waals surface area (Å²) in [5, 5.41) is 9.76. The van der Waals surface area contributed by atoms with E-state index in [2.05, 4.69) is 4.98 Å². The SMILES string of the molecule is Cc1nc(COc2ccc(F)cc2)sc1CCO. The number of benzene rings is 1. The third-order valence-corrected chi connectivity index (χ3v) is 3.64. The van der Waals surface area contributed by atoms with E-state index in [-0.39, 0.29) is 12.4 Å². The van der Waals surface area contributed by atoms with Crippen LogP contribution in [0, 0.1) is 12.7 Å². The minimum absolute atomic E-state index is 0.126. The van der Waals surface area contributed by atoms with Crippen molar-refractivity contribution in [3.63, 3.8) is 0 Å². The zero-order valence-corrected chi connectivity index (χ0v) is 10.8. The molecule has 1 N–H and O–H groups in total. The second-order valence-corrected chi connectivity index (χ2v) is 5.00. The molecular formula is C13H14FNO2S. The highest BCUT2D eigenvalue weighted by Gasteiger charge is 2.07. The van der Waals surface area contributed by atoms with Gasteiger partial charge < -0.3 is 9.84 Å². The summed E-state index contributed by atoms with van der Waals surface area (Å²) in [5.41, 5.74) is 0.937. The van der Waals surface area contributed by atoms with Gasteiger partial charge in [-0.1, -0.05) is 0 Å². The number of aliphatic hydroxyl groups is 1. The fourth-order valence-electron chi connectivity index (χ4n) is 1.56. The number of thiazole rings is 1. The minimum Gasteiger partial charge on any atom is -0.486 e. The molecule has 96 valence electrons. The number of aromatic nitrogens is 1. The number of halogens is 1. The van der Waals surface area contributed by atoms with E-state index in [1.54, 1.807) is 12.1 Å². The molecule has 0 aliphatic rings. The van der Waals surface area contributed by atoms with Gasteiger partial charge in [0.1, 0.15) is 23.2 Å². The summed E-state index contributed by atoms with van der Waals surface area (Å²) in [6, 6.07) is 5.90. The lowest BCUT2D eigenvalue weighted by Gasteiger charge is -2.02. The largest absolute Gasteiger partial charge is 0.486 e. The summed E-state index contributed by atoms with van der Waals surface area (Å²) < 4.78 is 18.2. The average Bonchev–Trinajstić information content (AvgIpc) is 2.70. The number of ether oxygens (including phenoxy) is 1. The predicted molar refractivity (Wildman–Crippen MR) is 68.4 cm³/mol. The van der Waals surface area contributed by atoms with Gasteiger partial charge in [0.2, 0.25) is 0 Å². The number of aliphatic hydroxyl groups excluding tert-OH is 1. The number of hydrogen-bond acceptors (Lipinski definition) is 4. The van der Waals surface area contributed by atoms with Crippen molar-refractivity contribution in [3.8, 4) is 5.75 Å². The fourth-order valence-corrected chi connectivity index (χ4v) is 2.53. The Morgan fingerprint density at radius 3 is 2.72 bits per heavy atom. The van der Waals surface area contributed by atoms with Gasteiger partial charge in [0.15, 0.2) is 0 Å². The van der Waals surface area contributed by atoms with Gasteiger partial charge in [-0.3, -0.25) is 0 Å². The highest BCUT2D eigenvalue weighted by molar-refractivity contribution is 7.11. The third kappa shape index (κ3) is 3.27. The molecule has 0 bridgehead atoms. The lowest BCUT2D eigenvalue weighted by Crippen LogP contribution is -1.94. The Balaban J connectivity index is 1.97. The first kappa shape index (κ1) is 13.0. The average molecular weight is 267 g/mol. The van der Waals surface area contributed by atoms with Gasteiger partial charge in [-0.15, -0.1) is 11.3 Å². The molecule has 0 unspecified atom stereocenters. The summed E-state index contributed by atoms with van der Waals surface area (Å²) in [5.74, 6) is 0.339. The van der Waals surface area contributed by atoms with Crippen molar-refractivity contribution in [2.45, 2.75) is 20.0 Å². The van der Waals surface area contributed by atoms with E-state index < -0.39 is 0 Å². The predicted octanol–water partition coefficient (Wildman–Crippen LogP) is 2.70. The third-order valence-electron chi connectivity index (χ3n) is 2.45. The Morgan fingerprint density at radius 1 is 1.33 bits per heavy atom. The maximum atomic E-state index is 12.7. The van der Waals surface area contributed by atoms with Crippen LogP contribution in [-0.2, 0) is 13.0 Å². The summed E-state index contributed by atoms with van der Waals surface area (Å²) >= 11 is 1.54. The second-order valence-electron chi connectivity index (χ2n) is 3.83. The summed E-state index contributed by atoms with van der Waals surface area (Å²) in [4.78, 5) is 5.45. The monoisotopic (exact) mass is 267 g/mol. The van der Waals surface area contributed by atoms with Crippen molar-refractivity contribution >= 4 is 11.3 Å². The molecule has 1 aromatic carbocycles. The van der Waals surface area contributed by atoms with Gasteiger partial charge in [0.25, 0.3) is 0 Å². The molecule has 0 radical (unpaired) electrons. The molecule has 5 heteroatoms. The van der Waals surface area contributed by atoms with Crippen molar-refractivity contribution in [1.82, 2.24) is 4.98 Å². The molecule has 3 nitrogen and oxygen atoms in total. The number of rotatable bonds is 5. The van der Waals surface area contributed by atoms with Gasteiger partial charge in [0, 0.05) is 17.9 Å². The smallest absolute Gasteiger partial charge is 0.140 e. The lowest BCUT2D eigenvalue weighted by atomic mass is 10.3. The van der Waals surface area contributed by atoms with Crippen molar-refractivity contribution in [2.24, 2.45) is 0 Å². The number of aryl methyl sites for hydroxylation is 1. The molecule has 0 spiro atoms. The minimum atomic E-state index is -0.280. The number of nitrogens with zero attached hydrogens (tertiary/aromatic N) is 1. The van der Waals surface area contributed by atoms with Crippen molar-refractivity contribution < 1.29 is 14.2 Å². The van der Waals surface area contributed by atoms with Crippen LogP contribution in [-0.4, -0.2) is 16.7 Å². The van der Waals surface area contributed by atoms with Crippen LogP contribution < -0.4 is 4.74 Å². The zero-order chi connectivity index (χ0) is 13.0. The highest BCUT2D eigenvalue weighted by Crippen LogP contribution is 2.20. The van der Waals surface area contributed by atoms with Crippen molar-refractivity contribution in [3.05, 3.63) is 45.7 Å². The first-order valence-electron chi connectivity index (χ1n) is 5.63. The zero-order valence-electron chi connectivity index (χ0n) is 10.0. The molecule has 0 aliphatic heterocycles. The molecule has 0 saturated carbocycles. The van der Waals surface area contributed by atoms with Crippen LogP contribution in [0.3, 0.4) is 0 Å². The maximum absolute atomic E-state index is 12.7. The van der Waals surface area contributed by atoms with Crippen LogP contribution >= 0.6 is 11.3 Å². The molecule has 0 atom stereocenters. The van der Waals surface area contributed by atoms with Gasteiger partial charge in [-0.25, -0.2) is 9.37 Å². The molecule has 2 rings (SSSR count). The molecule has 18 heavy (non-hydrogen) atoms. The molecule has 0 saturated heterocycles.